The average molecular weight is 257 g/mol. The Hall–Kier alpha value is -0.610. The first-order valence-corrected chi connectivity index (χ1v) is 5.63. The van der Waals surface area contributed by atoms with Gasteiger partial charge in [0, 0.05) is 6.20 Å². The second kappa shape index (κ2) is 4.75. The van der Waals surface area contributed by atoms with Gasteiger partial charge >= 0.3 is 0 Å². The molecule has 0 spiro atoms. The molecule has 1 N–H and O–H groups in total. The molecule has 1 aromatic rings. The molecule has 1 fully saturated rings. The lowest BCUT2D eigenvalue weighted by Crippen LogP contribution is -2.34. The van der Waals surface area contributed by atoms with Crippen molar-refractivity contribution in [2.75, 3.05) is 13.1 Å². The molecule has 14 heavy (non-hydrogen) atoms. The van der Waals surface area contributed by atoms with Crippen molar-refractivity contribution < 1.29 is 4.74 Å². The summed E-state index contributed by atoms with van der Waals surface area (Å²) in [6.45, 7) is 2.09. The van der Waals surface area contributed by atoms with Crippen LogP contribution < -0.4 is 10.1 Å². The van der Waals surface area contributed by atoms with Crippen molar-refractivity contribution in [1.29, 1.82) is 0 Å². The highest BCUT2D eigenvalue weighted by Gasteiger charge is 2.15. The molecule has 4 heteroatoms. The molecule has 0 radical (unpaired) electrons. The molecule has 1 saturated heterocycles. The minimum Gasteiger partial charge on any atom is -0.487 e. The van der Waals surface area contributed by atoms with E-state index >= 15 is 0 Å². The number of pyridine rings is 1. The van der Waals surface area contributed by atoms with Crippen LogP contribution in [0.5, 0.6) is 5.75 Å². The molecule has 0 bridgehead atoms. The predicted molar refractivity (Wildman–Crippen MR) is 58.5 cm³/mol. The van der Waals surface area contributed by atoms with Crippen LogP contribution in [0, 0.1) is 0 Å². The van der Waals surface area contributed by atoms with Crippen LogP contribution in [0.2, 0.25) is 0 Å². The van der Waals surface area contributed by atoms with Gasteiger partial charge in [-0.15, -0.1) is 0 Å². The number of aromatic nitrogens is 1. The number of hydrogen-bond acceptors (Lipinski definition) is 3. The summed E-state index contributed by atoms with van der Waals surface area (Å²) in [5.74, 6) is 0.847. The van der Waals surface area contributed by atoms with Crippen LogP contribution in [0.15, 0.2) is 22.9 Å². The molecule has 3 nitrogen and oxygen atoms in total. The van der Waals surface area contributed by atoms with Crippen molar-refractivity contribution in [3.8, 4) is 5.75 Å². The molecular formula is C10H13BrN2O. The van der Waals surface area contributed by atoms with Crippen LogP contribution in [0.25, 0.3) is 0 Å². The lowest BCUT2D eigenvalue weighted by atomic mass is 10.1. The van der Waals surface area contributed by atoms with E-state index < -0.39 is 0 Å². The highest BCUT2D eigenvalue weighted by molar-refractivity contribution is 9.10. The molecule has 1 aliphatic rings. The maximum atomic E-state index is 5.84. The highest BCUT2D eigenvalue weighted by Crippen LogP contribution is 2.24. The maximum absolute atomic E-state index is 5.84. The summed E-state index contributed by atoms with van der Waals surface area (Å²) in [5, 5.41) is 3.31. The van der Waals surface area contributed by atoms with E-state index in [1.807, 2.05) is 12.1 Å². The smallest absolute Gasteiger partial charge is 0.152 e. The fourth-order valence-corrected chi connectivity index (χ4v) is 1.90. The number of hydrogen-bond donors (Lipinski definition) is 1. The van der Waals surface area contributed by atoms with Crippen molar-refractivity contribution in [3.05, 3.63) is 22.9 Å². The SMILES string of the molecule is Brc1ncccc1OC1CCNCC1. The van der Waals surface area contributed by atoms with Crippen LogP contribution in [-0.2, 0) is 0 Å². The van der Waals surface area contributed by atoms with Gasteiger partial charge in [-0.1, -0.05) is 0 Å². The number of nitrogens with zero attached hydrogens (tertiary/aromatic N) is 1. The third-order valence-corrected chi connectivity index (χ3v) is 2.90. The first-order chi connectivity index (χ1) is 6.86. The van der Waals surface area contributed by atoms with Crippen molar-refractivity contribution in [1.82, 2.24) is 10.3 Å². The zero-order valence-electron chi connectivity index (χ0n) is 7.87. The Kier molecular flexibility index (Phi) is 3.37. The molecule has 2 rings (SSSR count). The summed E-state index contributed by atoms with van der Waals surface area (Å²) in [5.41, 5.74) is 0. The second-order valence-corrected chi connectivity index (χ2v) is 4.11. The average Bonchev–Trinajstić information content (AvgIpc) is 2.23. The van der Waals surface area contributed by atoms with E-state index in [-0.39, 0.29) is 0 Å². The molecule has 0 unspecified atom stereocenters. The zero-order chi connectivity index (χ0) is 9.80. The minimum absolute atomic E-state index is 0.330. The van der Waals surface area contributed by atoms with Crippen LogP contribution in [0.3, 0.4) is 0 Å². The van der Waals surface area contributed by atoms with Crippen molar-refractivity contribution in [2.24, 2.45) is 0 Å². The fourth-order valence-electron chi connectivity index (χ4n) is 1.55. The monoisotopic (exact) mass is 256 g/mol. The molecule has 1 aliphatic heterocycles. The molecule has 0 aliphatic carbocycles. The van der Waals surface area contributed by atoms with Crippen LogP contribution in [0.1, 0.15) is 12.8 Å². The Morgan fingerprint density at radius 2 is 2.21 bits per heavy atom. The number of nitrogens with one attached hydrogen (secondary N) is 1. The van der Waals surface area contributed by atoms with E-state index in [0.717, 1.165) is 36.3 Å². The first-order valence-electron chi connectivity index (χ1n) is 4.84. The summed E-state index contributed by atoms with van der Waals surface area (Å²) in [6.07, 6.45) is 4.22. The van der Waals surface area contributed by atoms with Gasteiger partial charge in [-0.25, -0.2) is 4.98 Å². The van der Waals surface area contributed by atoms with Crippen LogP contribution in [-0.4, -0.2) is 24.2 Å². The lowest BCUT2D eigenvalue weighted by molar-refractivity contribution is 0.160. The number of ether oxygens (including phenoxy) is 1. The fraction of sp³-hybridized carbons (Fsp3) is 0.500. The molecular weight excluding hydrogens is 244 g/mol. The Balaban J connectivity index is 1.99. The summed E-state index contributed by atoms with van der Waals surface area (Å²) in [4.78, 5) is 4.12. The van der Waals surface area contributed by atoms with Gasteiger partial charge in [0.05, 0.1) is 0 Å². The summed E-state index contributed by atoms with van der Waals surface area (Å²) in [6, 6.07) is 3.83. The zero-order valence-corrected chi connectivity index (χ0v) is 9.46. The van der Waals surface area contributed by atoms with E-state index in [2.05, 4.69) is 26.2 Å². The first kappa shape index (κ1) is 9.93. The maximum Gasteiger partial charge on any atom is 0.152 e. The van der Waals surface area contributed by atoms with Gasteiger partial charge < -0.3 is 10.1 Å². The molecule has 76 valence electrons. The van der Waals surface area contributed by atoms with E-state index in [1.54, 1.807) is 6.20 Å². The van der Waals surface area contributed by atoms with Crippen LogP contribution >= 0.6 is 15.9 Å². The normalized spacial score (nSPS) is 18.1. The van der Waals surface area contributed by atoms with Crippen molar-refractivity contribution >= 4 is 15.9 Å². The van der Waals surface area contributed by atoms with Gasteiger partial charge in [-0.2, -0.15) is 0 Å². The second-order valence-electron chi connectivity index (χ2n) is 3.36. The van der Waals surface area contributed by atoms with E-state index in [1.165, 1.54) is 0 Å². The molecule has 1 aromatic heterocycles. The van der Waals surface area contributed by atoms with E-state index in [0.29, 0.717) is 6.10 Å². The molecule has 0 amide bonds. The third kappa shape index (κ3) is 2.45. The quantitative estimate of drug-likeness (QED) is 0.822. The molecule has 0 aromatic carbocycles. The highest BCUT2D eigenvalue weighted by atomic mass is 79.9. The van der Waals surface area contributed by atoms with Gasteiger partial charge in [0.25, 0.3) is 0 Å². The molecule has 0 atom stereocenters. The Labute approximate surface area is 92.0 Å². The van der Waals surface area contributed by atoms with E-state index in [9.17, 15) is 0 Å². The standard InChI is InChI=1S/C10H13BrN2O/c11-10-9(2-1-5-13-10)14-8-3-6-12-7-4-8/h1-2,5,8,12H,3-4,6-7H2. The molecule has 0 saturated carbocycles. The van der Waals surface area contributed by atoms with Gasteiger partial charge in [0.1, 0.15) is 10.7 Å². The van der Waals surface area contributed by atoms with Crippen molar-refractivity contribution in [3.63, 3.8) is 0 Å². The Morgan fingerprint density at radius 3 is 2.93 bits per heavy atom. The topological polar surface area (TPSA) is 34.1 Å². The van der Waals surface area contributed by atoms with Crippen molar-refractivity contribution in [2.45, 2.75) is 18.9 Å². The third-order valence-electron chi connectivity index (χ3n) is 2.30. The molecule has 2 heterocycles. The van der Waals surface area contributed by atoms with Gasteiger partial charge in [0.2, 0.25) is 0 Å². The number of piperidine rings is 1. The summed E-state index contributed by atoms with van der Waals surface area (Å²) in [7, 11) is 0. The summed E-state index contributed by atoms with van der Waals surface area (Å²) >= 11 is 3.37. The number of halogens is 1. The summed E-state index contributed by atoms with van der Waals surface area (Å²) < 4.78 is 6.63. The predicted octanol–water partition coefficient (Wildman–Crippen LogP) is 1.97. The van der Waals surface area contributed by atoms with Gasteiger partial charge in [0.15, 0.2) is 5.75 Å². The van der Waals surface area contributed by atoms with E-state index in [4.69, 9.17) is 4.74 Å². The van der Waals surface area contributed by atoms with Gasteiger partial charge in [-0.05, 0) is 54.0 Å². The minimum atomic E-state index is 0.330. The lowest BCUT2D eigenvalue weighted by Gasteiger charge is -2.23. The number of rotatable bonds is 2. The van der Waals surface area contributed by atoms with Gasteiger partial charge in [-0.3, -0.25) is 0 Å². The Morgan fingerprint density at radius 1 is 1.43 bits per heavy atom. The Bertz CT molecular complexity index is 300. The van der Waals surface area contributed by atoms with Crippen LogP contribution in [0.4, 0.5) is 0 Å². The largest absolute Gasteiger partial charge is 0.487 e.